The van der Waals surface area contributed by atoms with Gasteiger partial charge in [-0.3, -0.25) is 9.69 Å². The molecule has 1 aromatic carbocycles. The zero-order chi connectivity index (χ0) is 16.8. The molecule has 0 unspecified atom stereocenters. The van der Waals surface area contributed by atoms with Crippen LogP contribution in [-0.2, 0) is 4.79 Å². The van der Waals surface area contributed by atoms with Crippen LogP contribution in [-0.4, -0.2) is 43.5 Å². The number of carbonyl (C=O) groups excluding carboxylic acids is 1. The predicted octanol–water partition coefficient (Wildman–Crippen LogP) is 0.474. The molecule has 1 saturated heterocycles. The van der Waals surface area contributed by atoms with Crippen LogP contribution in [0.25, 0.3) is 0 Å². The number of amides is 1. The van der Waals surface area contributed by atoms with Crippen molar-refractivity contribution in [3.8, 4) is 0 Å². The molecule has 0 bridgehead atoms. The molecule has 2 heterocycles. The van der Waals surface area contributed by atoms with Crippen molar-refractivity contribution in [2.24, 2.45) is 0 Å². The van der Waals surface area contributed by atoms with E-state index in [4.69, 9.17) is 0 Å². The summed E-state index contributed by atoms with van der Waals surface area (Å²) in [5.74, 6) is 1.35. The maximum absolute atomic E-state index is 12.4. The van der Waals surface area contributed by atoms with Gasteiger partial charge in [-0.05, 0) is 13.0 Å². The lowest BCUT2D eigenvalue weighted by atomic mass is 10.1. The SMILES string of the molecule is C[C@@H]([NH2+]CC(=O)N1CCN(c2cccc[nH+]2)CC1)c1ccccc1. The number of hydrogen-bond acceptors (Lipinski definition) is 2. The van der Waals surface area contributed by atoms with Gasteiger partial charge in [-0.25, -0.2) is 4.98 Å². The van der Waals surface area contributed by atoms with Gasteiger partial charge < -0.3 is 10.2 Å². The van der Waals surface area contributed by atoms with Gasteiger partial charge in [0.05, 0.1) is 19.3 Å². The molecule has 0 aliphatic carbocycles. The monoisotopic (exact) mass is 326 g/mol. The molecule has 3 rings (SSSR count). The molecule has 126 valence electrons. The topological polar surface area (TPSA) is 54.3 Å². The predicted molar refractivity (Wildman–Crippen MR) is 93.4 cm³/mol. The Balaban J connectivity index is 1.45. The Kier molecular flexibility index (Phi) is 5.43. The Bertz CT molecular complexity index is 639. The highest BCUT2D eigenvalue weighted by atomic mass is 16.2. The number of H-pyrrole nitrogens is 1. The van der Waals surface area contributed by atoms with Gasteiger partial charge in [0, 0.05) is 11.6 Å². The summed E-state index contributed by atoms with van der Waals surface area (Å²) in [5, 5.41) is 2.12. The van der Waals surface area contributed by atoms with Gasteiger partial charge in [0.2, 0.25) is 0 Å². The van der Waals surface area contributed by atoms with E-state index in [2.05, 4.69) is 40.3 Å². The number of nitrogens with zero attached hydrogens (tertiary/aromatic N) is 2. The third-order valence-corrected chi connectivity index (χ3v) is 4.64. The molecule has 0 saturated carbocycles. The molecular weight excluding hydrogens is 300 g/mol. The number of quaternary nitrogens is 1. The van der Waals surface area contributed by atoms with Crippen LogP contribution >= 0.6 is 0 Å². The number of anilines is 1. The first-order valence-corrected chi connectivity index (χ1v) is 8.62. The Morgan fingerprint density at radius 3 is 2.46 bits per heavy atom. The minimum atomic E-state index is 0.231. The summed E-state index contributed by atoms with van der Waals surface area (Å²) in [6, 6.07) is 16.7. The van der Waals surface area contributed by atoms with Gasteiger partial charge in [-0.1, -0.05) is 36.4 Å². The standard InChI is InChI=1S/C19H24N4O/c1-16(17-7-3-2-4-8-17)21-15-19(24)23-13-11-22(12-14-23)18-9-5-6-10-20-18/h2-10,16,21H,11-15H2,1H3/p+2/t16-/m1/s1. The number of nitrogens with two attached hydrogens (primary N) is 1. The summed E-state index contributed by atoms with van der Waals surface area (Å²) < 4.78 is 0. The number of piperazine rings is 1. The lowest BCUT2D eigenvalue weighted by Crippen LogP contribution is -2.87. The number of carbonyl (C=O) groups is 1. The molecule has 1 aromatic heterocycles. The summed E-state index contributed by atoms with van der Waals surface area (Å²) in [4.78, 5) is 20.0. The highest BCUT2D eigenvalue weighted by Crippen LogP contribution is 2.10. The molecule has 5 nitrogen and oxygen atoms in total. The first-order valence-electron chi connectivity index (χ1n) is 8.62. The fourth-order valence-corrected chi connectivity index (χ4v) is 3.08. The minimum Gasteiger partial charge on any atom is -0.333 e. The maximum atomic E-state index is 12.4. The third-order valence-electron chi connectivity index (χ3n) is 4.64. The molecule has 1 atom stereocenters. The molecular formula is C19H26N4O+2. The zero-order valence-electron chi connectivity index (χ0n) is 14.2. The van der Waals surface area contributed by atoms with Gasteiger partial charge >= 0.3 is 0 Å². The highest BCUT2D eigenvalue weighted by molar-refractivity contribution is 5.77. The van der Waals surface area contributed by atoms with E-state index in [0.29, 0.717) is 12.6 Å². The normalized spacial score (nSPS) is 16.0. The van der Waals surface area contributed by atoms with Crippen molar-refractivity contribution in [3.05, 3.63) is 60.3 Å². The summed E-state index contributed by atoms with van der Waals surface area (Å²) in [6.07, 6.45) is 1.94. The van der Waals surface area contributed by atoms with Gasteiger partial charge in [-0.15, -0.1) is 0 Å². The summed E-state index contributed by atoms with van der Waals surface area (Å²) >= 11 is 0. The van der Waals surface area contributed by atoms with E-state index in [0.717, 1.165) is 32.0 Å². The summed E-state index contributed by atoms with van der Waals surface area (Å²) in [7, 11) is 0. The van der Waals surface area contributed by atoms with E-state index in [-0.39, 0.29) is 5.91 Å². The number of hydrogen-bond donors (Lipinski definition) is 1. The molecule has 1 aliphatic heterocycles. The van der Waals surface area contributed by atoms with Crippen molar-refractivity contribution >= 4 is 11.7 Å². The van der Waals surface area contributed by atoms with Crippen LogP contribution in [0, 0.1) is 0 Å². The van der Waals surface area contributed by atoms with Gasteiger partial charge in [0.25, 0.3) is 11.7 Å². The first-order chi connectivity index (χ1) is 11.7. The van der Waals surface area contributed by atoms with Crippen LogP contribution in [0.2, 0.25) is 0 Å². The minimum absolute atomic E-state index is 0.231. The summed E-state index contributed by atoms with van der Waals surface area (Å²) in [5.41, 5.74) is 1.26. The third kappa shape index (κ3) is 4.11. The van der Waals surface area contributed by atoms with Crippen molar-refractivity contribution in [2.75, 3.05) is 37.6 Å². The second kappa shape index (κ2) is 7.93. The van der Waals surface area contributed by atoms with E-state index in [9.17, 15) is 4.79 Å². The molecule has 3 N–H and O–H groups in total. The van der Waals surface area contributed by atoms with E-state index in [1.165, 1.54) is 5.56 Å². The maximum Gasteiger partial charge on any atom is 0.277 e. The molecule has 2 aromatic rings. The summed E-state index contributed by atoms with van der Waals surface area (Å²) in [6.45, 7) is 5.98. The van der Waals surface area contributed by atoms with Crippen LogP contribution in [0.3, 0.4) is 0 Å². The average molecular weight is 326 g/mol. The quantitative estimate of drug-likeness (QED) is 0.869. The van der Waals surface area contributed by atoms with Gasteiger partial charge in [-0.2, -0.15) is 0 Å². The molecule has 1 amide bonds. The number of rotatable bonds is 5. The van der Waals surface area contributed by atoms with Gasteiger partial charge in [0.15, 0.2) is 6.54 Å². The zero-order valence-corrected chi connectivity index (χ0v) is 14.2. The largest absolute Gasteiger partial charge is 0.333 e. The lowest BCUT2D eigenvalue weighted by Gasteiger charge is -2.30. The number of aromatic nitrogens is 1. The van der Waals surface area contributed by atoms with E-state index < -0.39 is 0 Å². The van der Waals surface area contributed by atoms with Crippen molar-refractivity contribution in [1.82, 2.24) is 4.90 Å². The van der Waals surface area contributed by atoms with Crippen molar-refractivity contribution in [3.63, 3.8) is 0 Å². The number of benzene rings is 1. The van der Waals surface area contributed by atoms with Crippen molar-refractivity contribution < 1.29 is 15.1 Å². The fraction of sp³-hybridized carbons (Fsp3) is 0.368. The molecule has 0 spiro atoms. The average Bonchev–Trinajstić information content (AvgIpc) is 2.67. The smallest absolute Gasteiger partial charge is 0.277 e. The van der Waals surface area contributed by atoms with Crippen LogP contribution in [0.4, 0.5) is 5.82 Å². The Labute approximate surface area is 143 Å². The molecule has 0 radical (unpaired) electrons. The highest BCUT2D eigenvalue weighted by Gasteiger charge is 2.26. The van der Waals surface area contributed by atoms with Crippen LogP contribution < -0.4 is 15.2 Å². The second-order valence-corrected chi connectivity index (χ2v) is 6.25. The Hall–Kier alpha value is -2.40. The van der Waals surface area contributed by atoms with E-state index in [1.54, 1.807) is 0 Å². The molecule has 1 fully saturated rings. The first kappa shape index (κ1) is 16.5. The van der Waals surface area contributed by atoms with E-state index >= 15 is 0 Å². The fourth-order valence-electron chi connectivity index (χ4n) is 3.08. The van der Waals surface area contributed by atoms with Crippen molar-refractivity contribution in [2.45, 2.75) is 13.0 Å². The number of aromatic amines is 1. The van der Waals surface area contributed by atoms with Crippen molar-refractivity contribution in [1.29, 1.82) is 0 Å². The molecule has 1 aliphatic rings. The number of pyridine rings is 1. The van der Waals surface area contributed by atoms with Crippen LogP contribution in [0.15, 0.2) is 54.7 Å². The Morgan fingerprint density at radius 2 is 1.79 bits per heavy atom. The second-order valence-electron chi connectivity index (χ2n) is 6.25. The number of nitrogens with one attached hydrogen (secondary N) is 1. The molecule has 24 heavy (non-hydrogen) atoms. The van der Waals surface area contributed by atoms with E-state index in [1.807, 2.05) is 41.4 Å². The lowest BCUT2D eigenvalue weighted by molar-refractivity contribution is -0.683. The Morgan fingerprint density at radius 1 is 1.08 bits per heavy atom. The molecule has 5 heteroatoms. The van der Waals surface area contributed by atoms with Crippen LogP contribution in [0.1, 0.15) is 18.5 Å². The van der Waals surface area contributed by atoms with Gasteiger partial charge in [0.1, 0.15) is 19.1 Å². The van der Waals surface area contributed by atoms with Crippen LogP contribution in [0.5, 0.6) is 0 Å².